The van der Waals surface area contributed by atoms with E-state index in [9.17, 15) is 14.0 Å². The van der Waals surface area contributed by atoms with E-state index in [1.807, 2.05) is 4.68 Å². The molecule has 1 aromatic carbocycles. The molecule has 0 unspecified atom stereocenters. The number of benzene rings is 1. The summed E-state index contributed by atoms with van der Waals surface area (Å²) in [7, 11) is 0. The van der Waals surface area contributed by atoms with Crippen LogP contribution in [0.5, 0.6) is 5.75 Å². The summed E-state index contributed by atoms with van der Waals surface area (Å²) < 4.78 is 20.9. The number of aromatic nitrogens is 2. The van der Waals surface area contributed by atoms with Gasteiger partial charge in [0.15, 0.2) is 12.4 Å². The number of rotatable bonds is 6. The van der Waals surface area contributed by atoms with Crippen LogP contribution in [-0.4, -0.2) is 28.1 Å². The van der Waals surface area contributed by atoms with Gasteiger partial charge in [-0.2, -0.15) is 5.10 Å². The second-order valence-electron chi connectivity index (χ2n) is 6.13. The van der Waals surface area contributed by atoms with Gasteiger partial charge < -0.3 is 10.1 Å². The van der Waals surface area contributed by atoms with Crippen LogP contribution in [-0.2, 0) is 4.79 Å². The SMILES string of the molecule is CC(=O)c1ccc(OCC(=O)Nc2ccnn2C2CCCC2)cc1F. The Balaban J connectivity index is 1.58. The van der Waals surface area contributed by atoms with Crippen molar-refractivity contribution >= 4 is 17.5 Å². The van der Waals surface area contributed by atoms with E-state index < -0.39 is 5.82 Å². The van der Waals surface area contributed by atoms with E-state index >= 15 is 0 Å². The van der Waals surface area contributed by atoms with Crippen LogP contribution in [0.4, 0.5) is 10.2 Å². The predicted octanol–water partition coefficient (Wildman–Crippen LogP) is 3.36. The fraction of sp³-hybridized carbons (Fsp3) is 0.389. The molecule has 1 aliphatic rings. The quantitative estimate of drug-likeness (QED) is 0.815. The lowest BCUT2D eigenvalue weighted by atomic mass is 10.1. The summed E-state index contributed by atoms with van der Waals surface area (Å²) in [6.07, 6.45) is 6.11. The minimum atomic E-state index is -0.662. The first-order valence-corrected chi connectivity index (χ1v) is 8.31. The molecule has 0 aliphatic heterocycles. The molecule has 0 spiro atoms. The van der Waals surface area contributed by atoms with E-state index in [1.165, 1.54) is 31.9 Å². The number of ketones is 1. The molecule has 1 N–H and O–H groups in total. The van der Waals surface area contributed by atoms with Crippen LogP contribution in [0.15, 0.2) is 30.5 Å². The lowest BCUT2D eigenvalue weighted by Gasteiger charge is -2.15. The molecular weight excluding hydrogens is 325 g/mol. The summed E-state index contributed by atoms with van der Waals surface area (Å²) in [5, 5.41) is 7.06. The van der Waals surface area contributed by atoms with E-state index in [-0.39, 0.29) is 29.6 Å². The third-order valence-electron chi connectivity index (χ3n) is 4.30. The van der Waals surface area contributed by atoms with Gasteiger partial charge in [-0.05, 0) is 31.9 Å². The van der Waals surface area contributed by atoms with Gasteiger partial charge in [-0.3, -0.25) is 9.59 Å². The molecule has 1 amide bonds. The summed E-state index contributed by atoms with van der Waals surface area (Å²) in [6, 6.07) is 5.99. The largest absolute Gasteiger partial charge is 0.484 e. The summed E-state index contributed by atoms with van der Waals surface area (Å²) in [4.78, 5) is 23.3. The average Bonchev–Trinajstić information content (AvgIpc) is 3.23. The van der Waals surface area contributed by atoms with Crippen molar-refractivity contribution in [3.8, 4) is 5.75 Å². The Hall–Kier alpha value is -2.70. The van der Waals surface area contributed by atoms with E-state index in [1.54, 1.807) is 12.3 Å². The molecule has 7 heteroatoms. The number of ether oxygens (including phenoxy) is 1. The highest BCUT2D eigenvalue weighted by Gasteiger charge is 2.20. The topological polar surface area (TPSA) is 73.2 Å². The van der Waals surface area contributed by atoms with Crippen molar-refractivity contribution in [3.63, 3.8) is 0 Å². The number of Topliss-reactive ketones (excluding diaryl/α,β-unsaturated/α-hetero) is 1. The fourth-order valence-electron chi connectivity index (χ4n) is 3.05. The van der Waals surface area contributed by atoms with Crippen molar-refractivity contribution in [2.45, 2.75) is 38.6 Å². The van der Waals surface area contributed by atoms with Gasteiger partial charge in [-0.1, -0.05) is 12.8 Å². The van der Waals surface area contributed by atoms with Gasteiger partial charge in [0.25, 0.3) is 5.91 Å². The number of amides is 1. The van der Waals surface area contributed by atoms with Crippen molar-refractivity contribution in [1.82, 2.24) is 9.78 Å². The van der Waals surface area contributed by atoms with E-state index in [4.69, 9.17) is 4.74 Å². The molecular formula is C18H20FN3O3. The summed E-state index contributed by atoms with van der Waals surface area (Å²) in [6.45, 7) is 1.04. The van der Waals surface area contributed by atoms with Crippen LogP contribution in [0.1, 0.15) is 49.0 Å². The number of nitrogens with one attached hydrogen (secondary N) is 1. The Bertz CT molecular complexity index is 782. The predicted molar refractivity (Wildman–Crippen MR) is 90.3 cm³/mol. The standard InChI is InChI=1S/C18H20FN3O3/c1-12(23)15-7-6-14(10-16(15)19)25-11-18(24)21-17-8-9-20-22(17)13-4-2-3-5-13/h6-10,13H,2-5,11H2,1H3,(H,21,24). The second-order valence-corrected chi connectivity index (χ2v) is 6.13. The monoisotopic (exact) mass is 345 g/mol. The molecule has 25 heavy (non-hydrogen) atoms. The first kappa shape index (κ1) is 17.1. The van der Waals surface area contributed by atoms with Gasteiger partial charge >= 0.3 is 0 Å². The molecule has 2 aromatic rings. The van der Waals surface area contributed by atoms with Crippen LogP contribution < -0.4 is 10.1 Å². The molecule has 1 aliphatic carbocycles. The summed E-state index contributed by atoms with van der Waals surface area (Å²) in [5.41, 5.74) is -0.00253. The van der Waals surface area contributed by atoms with Gasteiger partial charge in [-0.25, -0.2) is 9.07 Å². The van der Waals surface area contributed by atoms with E-state index in [2.05, 4.69) is 10.4 Å². The van der Waals surface area contributed by atoms with Crippen LogP contribution in [0.2, 0.25) is 0 Å². The first-order chi connectivity index (χ1) is 12.0. The Morgan fingerprint density at radius 3 is 2.76 bits per heavy atom. The number of carbonyl (C=O) groups excluding carboxylic acids is 2. The zero-order chi connectivity index (χ0) is 17.8. The van der Waals surface area contributed by atoms with Gasteiger partial charge in [0.05, 0.1) is 17.8 Å². The number of hydrogen-bond acceptors (Lipinski definition) is 4. The van der Waals surface area contributed by atoms with Crippen molar-refractivity contribution in [3.05, 3.63) is 41.8 Å². The van der Waals surface area contributed by atoms with Crippen LogP contribution in [0, 0.1) is 5.82 Å². The lowest BCUT2D eigenvalue weighted by molar-refractivity contribution is -0.118. The van der Waals surface area contributed by atoms with Gasteiger partial charge in [0, 0.05) is 12.1 Å². The maximum absolute atomic E-state index is 13.7. The molecule has 1 saturated carbocycles. The smallest absolute Gasteiger partial charge is 0.263 e. The molecule has 1 fully saturated rings. The number of anilines is 1. The third-order valence-corrected chi connectivity index (χ3v) is 4.30. The van der Waals surface area contributed by atoms with Crippen LogP contribution in [0.3, 0.4) is 0 Å². The van der Waals surface area contributed by atoms with Gasteiger partial charge in [0.2, 0.25) is 0 Å². The molecule has 0 saturated heterocycles. The highest BCUT2D eigenvalue weighted by atomic mass is 19.1. The van der Waals surface area contributed by atoms with E-state index in [0.717, 1.165) is 18.9 Å². The molecule has 0 atom stereocenters. The first-order valence-electron chi connectivity index (χ1n) is 8.31. The number of halogens is 1. The van der Waals surface area contributed by atoms with E-state index in [0.29, 0.717) is 11.9 Å². The summed E-state index contributed by atoms with van der Waals surface area (Å²) in [5.74, 6) is -0.539. The molecule has 1 heterocycles. The third kappa shape index (κ3) is 4.04. The average molecular weight is 345 g/mol. The highest BCUT2D eigenvalue weighted by Crippen LogP contribution is 2.31. The van der Waals surface area contributed by atoms with Gasteiger partial charge in [-0.15, -0.1) is 0 Å². The Morgan fingerprint density at radius 1 is 1.32 bits per heavy atom. The van der Waals surface area contributed by atoms with Crippen LogP contribution in [0.25, 0.3) is 0 Å². The Morgan fingerprint density at radius 2 is 2.08 bits per heavy atom. The Labute approximate surface area is 145 Å². The van der Waals surface area contributed by atoms with Crippen molar-refractivity contribution in [1.29, 1.82) is 0 Å². The normalized spacial score (nSPS) is 14.5. The second kappa shape index (κ2) is 7.46. The van der Waals surface area contributed by atoms with Gasteiger partial charge in [0.1, 0.15) is 17.4 Å². The zero-order valence-electron chi connectivity index (χ0n) is 14.0. The maximum atomic E-state index is 13.7. The minimum Gasteiger partial charge on any atom is -0.484 e. The molecule has 3 rings (SSSR count). The molecule has 1 aromatic heterocycles. The number of nitrogens with zero attached hydrogens (tertiary/aromatic N) is 2. The fourth-order valence-corrected chi connectivity index (χ4v) is 3.05. The highest BCUT2D eigenvalue weighted by molar-refractivity contribution is 5.94. The Kier molecular flexibility index (Phi) is 5.11. The lowest BCUT2D eigenvalue weighted by Crippen LogP contribution is -2.23. The van der Waals surface area contributed by atoms with Crippen molar-refractivity contribution in [2.24, 2.45) is 0 Å². The summed E-state index contributed by atoms with van der Waals surface area (Å²) >= 11 is 0. The number of carbonyl (C=O) groups is 2. The molecule has 132 valence electrons. The number of hydrogen-bond donors (Lipinski definition) is 1. The molecule has 0 bridgehead atoms. The van der Waals surface area contributed by atoms with Crippen molar-refractivity contribution < 1.29 is 18.7 Å². The maximum Gasteiger partial charge on any atom is 0.263 e. The molecule has 6 nitrogen and oxygen atoms in total. The zero-order valence-corrected chi connectivity index (χ0v) is 14.0. The minimum absolute atomic E-state index is 0.00253. The van der Waals surface area contributed by atoms with Crippen molar-refractivity contribution in [2.75, 3.05) is 11.9 Å². The molecule has 0 radical (unpaired) electrons. The van der Waals surface area contributed by atoms with Crippen LogP contribution >= 0.6 is 0 Å².